The molecule has 0 radical (unpaired) electrons. The summed E-state index contributed by atoms with van der Waals surface area (Å²) >= 11 is 0. The molecule has 1 atom stereocenters. The van der Waals surface area contributed by atoms with E-state index in [1.54, 1.807) is 19.5 Å². The molecule has 120 valence electrons. The van der Waals surface area contributed by atoms with Gasteiger partial charge in [0.2, 0.25) is 5.91 Å². The van der Waals surface area contributed by atoms with Crippen molar-refractivity contribution in [2.75, 3.05) is 7.11 Å². The molecule has 0 aliphatic heterocycles. The summed E-state index contributed by atoms with van der Waals surface area (Å²) in [4.78, 5) is 16.6. The molecular weight excluding hydrogens is 288 g/mol. The van der Waals surface area contributed by atoms with Crippen LogP contribution < -0.4 is 10.1 Å². The Labute approximate surface area is 136 Å². The van der Waals surface area contributed by atoms with E-state index < -0.39 is 0 Å². The van der Waals surface area contributed by atoms with Gasteiger partial charge in [-0.05, 0) is 48.2 Å². The van der Waals surface area contributed by atoms with Crippen LogP contribution in [0, 0.1) is 5.92 Å². The van der Waals surface area contributed by atoms with Crippen molar-refractivity contribution in [3.05, 3.63) is 59.9 Å². The highest BCUT2D eigenvalue weighted by Gasteiger charge is 2.25. The Morgan fingerprint density at radius 2 is 1.70 bits per heavy atom. The highest BCUT2D eigenvalue weighted by atomic mass is 16.5. The van der Waals surface area contributed by atoms with Crippen molar-refractivity contribution < 1.29 is 9.53 Å². The van der Waals surface area contributed by atoms with Gasteiger partial charge in [0, 0.05) is 18.3 Å². The Balaban J connectivity index is 1.85. The number of ether oxygens (including phenoxy) is 1. The van der Waals surface area contributed by atoms with Crippen LogP contribution in [0.1, 0.15) is 42.9 Å². The predicted octanol–water partition coefficient (Wildman–Crippen LogP) is 3.49. The molecule has 1 aliphatic carbocycles. The van der Waals surface area contributed by atoms with Crippen LogP contribution in [0.25, 0.3) is 0 Å². The van der Waals surface area contributed by atoms with E-state index >= 15 is 0 Å². The molecule has 23 heavy (non-hydrogen) atoms. The zero-order valence-corrected chi connectivity index (χ0v) is 13.4. The lowest BCUT2D eigenvalue weighted by molar-refractivity contribution is -0.125. The number of carbonyl (C=O) groups excluding carboxylic acids is 1. The largest absolute Gasteiger partial charge is 0.497 e. The summed E-state index contributed by atoms with van der Waals surface area (Å²) in [6.45, 7) is 0. The maximum atomic E-state index is 12.6. The van der Waals surface area contributed by atoms with Crippen molar-refractivity contribution in [2.24, 2.45) is 5.92 Å². The maximum Gasteiger partial charge on any atom is 0.223 e. The minimum absolute atomic E-state index is 0.151. The van der Waals surface area contributed by atoms with E-state index in [2.05, 4.69) is 10.3 Å². The second-order valence-electron chi connectivity index (χ2n) is 5.98. The number of rotatable bonds is 5. The maximum absolute atomic E-state index is 12.6. The second kappa shape index (κ2) is 7.27. The third-order valence-electron chi connectivity index (χ3n) is 4.50. The molecule has 1 unspecified atom stereocenters. The summed E-state index contributed by atoms with van der Waals surface area (Å²) in [5.41, 5.74) is 2.08. The number of aromatic nitrogens is 1. The van der Waals surface area contributed by atoms with Crippen LogP contribution in [-0.2, 0) is 4.79 Å². The van der Waals surface area contributed by atoms with Crippen LogP contribution in [0.5, 0.6) is 5.75 Å². The van der Waals surface area contributed by atoms with Gasteiger partial charge >= 0.3 is 0 Å². The first-order valence-electron chi connectivity index (χ1n) is 8.12. The van der Waals surface area contributed by atoms with Gasteiger partial charge in [-0.25, -0.2) is 0 Å². The molecule has 1 heterocycles. The summed E-state index contributed by atoms with van der Waals surface area (Å²) in [6.07, 6.45) is 7.82. The Hall–Kier alpha value is -2.36. The van der Waals surface area contributed by atoms with Crippen molar-refractivity contribution in [3.8, 4) is 5.75 Å². The highest BCUT2D eigenvalue weighted by Crippen LogP contribution is 2.28. The minimum Gasteiger partial charge on any atom is -0.497 e. The summed E-state index contributed by atoms with van der Waals surface area (Å²) in [7, 11) is 1.65. The fourth-order valence-electron chi connectivity index (χ4n) is 3.16. The Morgan fingerprint density at radius 1 is 1.09 bits per heavy atom. The van der Waals surface area contributed by atoms with Crippen LogP contribution in [0.4, 0.5) is 0 Å². The fourth-order valence-corrected chi connectivity index (χ4v) is 3.16. The summed E-state index contributed by atoms with van der Waals surface area (Å²) in [5.74, 6) is 1.11. The number of carbonyl (C=O) groups is 1. The standard InChI is InChI=1S/C19H22N2O2/c1-23-17-8-6-14(7-9-17)18(15-10-12-20-13-11-15)21-19(22)16-4-2-3-5-16/h6-13,16,18H,2-5H2,1H3,(H,21,22). The molecule has 0 bridgehead atoms. The molecule has 2 aromatic rings. The van der Waals surface area contributed by atoms with Gasteiger partial charge < -0.3 is 10.1 Å². The molecule has 1 aliphatic rings. The van der Waals surface area contributed by atoms with Gasteiger partial charge in [-0.1, -0.05) is 25.0 Å². The van der Waals surface area contributed by atoms with Crippen LogP contribution >= 0.6 is 0 Å². The molecule has 0 spiro atoms. The van der Waals surface area contributed by atoms with E-state index in [0.717, 1.165) is 42.6 Å². The van der Waals surface area contributed by atoms with E-state index in [1.807, 2.05) is 36.4 Å². The smallest absolute Gasteiger partial charge is 0.223 e. The molecule has 0 saturated heterocycles. The Morgan fingerprint density at radius 3 is 2.30 bits per heavy atom. The SMILES string of the molecule is COc1ccc(C(NC(=O)C2CCCC2)c2ccncc2)cc1. The number of methoxy groups -OCH3 is 1. The van der Waals surface area contributed by atoms with Gasteiger partial charge in [0.15, 0.2) is 0 Å². The second-order valence-corrected chi connectivity index (χ2v) is 5.98. The molecule has 1 amide bonds. The Kier molecular flexibility index (Phi) is 4.91. The van der Waals surface area contributed by atoms with Crippen LogP contribution in [0.2, 0.25) is 0 Å². The van der Waals surface area contributed by atoms with Crippen molar-refractivity contribution in [1.82, 2.24) is 10.3 Å². The first kappa shape index (κ1) is 15.5. The normalized spacial score (nSPS) is 16.0. The van der Waals surface area contributed by atoms with E-state index in [1.165, 1.54) is 0 Å². The fraction of sp³-hybridized carbons (Fsp3) is 0.368. The third-order valence-corrected chi connectivity index (χ3v) is 4.50. The molecule has 1 saturated carbocycles. The molecule has 1 aromatic heterocycles. The first-order valence-corrected chi connectivity index (χ1v) is 8.12. The van der Waals surface area contributed by atoms with Crippen molar-refractivity contribution in [1.29, 1.82) is 0 Å². The molecule has 1 N–H and O–H groups in total. The molecular formula is C19H22N2O2. The lowest BCUT2D eigenvalue weighted by Gasteiger charge is -2.22. The monoisotopic (exact) mass is 310 g/mol. The number of amides is 1. The summed E-state index contributed by atoms with van der Waals surface area (Å²) in [6, 6.07) is 11.6. The average Bonchev–Trinajstić information content (AvgIpc) is 3.15. The highest BCUT2D eigenvalue weighted by molar-refractivity contribution is 5.79. The molecule has 1 fully saturated rings. The van der Waals surface area contributed by atoms with Crippen LogP contribution in [-0.4, -0.2) is 18.0 Å². The summed E-state index contributed by atoms with van der Waals surface area (Å²) < 4.78 is 5.22. The van der Waals surface area contributed by atoms with Crippen LogP contribution in [0.15, 0.2) is 48.8 Å². The van der Waals surface area contributed by atoms with E-state index in [4.69, 9.17) is 4.74 Å². The first-order chi connectivity index (χ1) is 11.3. The molecule has 1 aromatic carbocycles. The van der Waals surface area contributed by atoms with Gasteiger partial charge in [0.05, 0.1) is 13.2 Å². The molecule has 4 heteroatoms. The lowest BCUT2D eigenvalue weighted by Crippen LogP contribution is -2.33. The van der Waals surface area contributed by atoms with Gasteiger partial charge in [0.1, 0.15) is 5.75 Å². The minimum atomic E-state index is -0.156. The number of nitrogens with zero attached hydrogens (tertiary/aromatic N) is 1. The van der Waals surface area contributed by atoms with Gasteiger partial charge in [-0.2, -0.15) is 0 Å². The van der Waals surface area contributed by atoms with E-state index in [-0.39, 0.29) is 17.9 Å². The third kappa shape index (κ3) is 3.70. The van der Waals surface area contributed by atoms with Crippen molar-refractivity contribution in [2.45, 2.75) is 31.7 Å². The topological polar surface area (TPSA) is 51.2 Å². The number of hydrogen-bond acceptors (Lipinski definition) is 3. The van der Waals surface area contributed by atoms with Gasteiger partial charge in [-0.3, -0.25) is 9.78 Å². The predicted molar refractivity (Wildman–Crippen MR) is 89.2 cm³/mol. The number of pyridine rings is 1. The van der Waals surface area contributed by atoms with Crippen molar-refractivity contribution in [3.63, 3.8) is 0 Å². The Bertz CT molecular complexity index is 634. The summed E-state index contributed by atoms with van der Waals surface area (Å²) in [5, 5.41) is 3.22. The number of benzene rings is 1. The number of hydrogen-bond donors (Lipinski definition) is 1. The zero-order valence-electron chi connectivity index (χ0n) is 13.4. The number of nitrogens with one attached hydrogen (secondary N) is 1. The quantitative estimate of drug-likeness (QED) is 0.920. The van der Waals surface area contributed by atoms with Gasteiger partial charge in [0.25, 0.3) is 0 Å². The van der Waals surface area contributed by atoms with Crippen LogP contribution in [0.3, 0.4) is 0 Å². The van der Waals surface area contributed by atoms with Crippen molar-refractivity contribution >= 4 is 5.91 Å². The average molecular weight is 310 g/mol. The van der Waals surface area contributed by atoms with E-state index in [0.29, 0.717) is 0 Å². The van der Waals surface area contributed by atoms with Gasteiger partial charge in [-0.15, -0.1) is 0 Å². The zero-order chi connectivity index (χ0) is 16.1. The lowest BCUT2D eigenvalue weighted by atomic mass is 9.98. The molecule has 3 rings (SSSR count). The molecule has 4 nitrogen and oxygen atoms in total. The van der Waals surface area contributed by atoms with E-state index in [9.17, 15) is 4.79 Å².